The Labute approximate surface area is 255 Å². The SMILES string of the molecule is CN(c1ccc(-c2cc3ccc(OS(=O)(=O)C(F)(F)F)cc3cc2OCc2ccccc2)nn1)C1CC(C)(C)NC(C)(C)C1. The molecule has 2 heterocycles. The highest BCUT2D eigenvalue weighted by Gasteiger charge is 2.48. The van der Waals surface area contributed by atoms with E-state index in [4.69, 9.17) is 4.74 Å². The van der Waals surface area contributed by atoms with Crippen LogP contribution in [0, 0.1) is 0 Å². The molecule has 0 aliphatic carbocycles. The number of halogens is 3. The topological polar surface area (TPSA) is 93.7 Å². The van der Waals surface area contributed by atoms with E-state index in [9.17, 15) is 21.6 Å². The van der Waals surface area contributed by atoms with Crippen LogP contribution in [-0.2, 0) is 16.7 Å². The fraction of sp³-hybridized carbons (Fsp3) is 0.375. The molecule has 4 aromatic rings. The molecule has 0 bridgehead atoms. The first kappa shape index (κ1) is 31.5. The number of nitrogens with zero attached hydrogens (tertiary/aromatic N) is 3. The summed E-state index contributed by atoms with van der Waals surface area (Å²) in [5, 5.41) is 13.8. The van der Waals surface area contributed by atoms with E-state index in [-0.39, 0.29) is 23.7 Å². The van der Waals surface area contributed by atoms with Gasteiger partial charge < -0.3 is 19.1 Å². The van der Waals surface area contributed by atoms with Gasteiger partial charge in [-0.2, -0.15) is 21.6 Å². The fourth-order valence-corrected chi connectivity index (χ4v) is 6.37. The first-order chi connectivity index (χ1) is 20.5. The Morgan fingerprint density at radius 1 is 0.909 bits per heavy atom. The van der Waals surface area contributed by atoms with Gasteiger partial charge in [-0.1, -0.05) is 36.4 Å². The van der Waals surface area contributed by atoms with E-state index in [2.05, 4.69) is 52.3 Å². The minimum absolute atomic E-state index is 0.0357. The predicted molar refractivity (Wildman–Crippen MR) is 164 cm³/mol. The highest BCUT2D eigenvalue weighted by Crippen LogP contribution is 2.37. The van der Waals surface area contributed by atoms with E-state index in [0.29, 0.717) is 27.8 Å². The number of ether oxygens (including phenoxy) is 1. The normalized spacial score (nSPS) is 16.9. The second-order valence-electron chi connectivity index (χ2n) is 12.5. The molecule has 0 saturated carbocycles. The minimum Gasteiger partial charge on any atom is -0.488 e. The standard InChI is InChI=1S/C32H35F3N4O4S/c1-30(2)18-24(19-31(3,4)38-30)39(5)29-14-13-27(36-37-29)26-16-22-11-12-25(43-44(40,41)32(33,34)35)15-23(22)17-28(26)42-20-21-9-7-6-8-10-21/h6-17,24,38H,18-20H2,1-5H3. The lowest BCUT2D eigenvalue weighted by molar-refractivity contribution is -0.0500. The van der Waals surface area contributed by atoms with Crippen molar-refractivity contribution in [2.75, 3.05) is 11.9 Å². The van der Waals surface area contributed by atoms with Crippen molar-refractivity contribution in [1.29, 1.82) is 0 Å². The first-order valence-electron chi connectivity index (χ1n) is 14.1. The van der Waals surface area contributed by atoms with Crippen LogP contribution in [-0.4, -0.2) is 48.3 Å². The molecule has 0 radical (unpaired) electrons. The third-order valence-electron chi connectivity index (χ3n) is 7.64. The largest absolute Gasteiger partial charge is 0.534 e. The van der Waals surface area contributed by atoms with E-state index in [1.807, 2.05) is 49.5 Å². The van der Waals surface area contributed by atoms with Gasteiger partial charge in [0.1, 0.15) is 18.1 Å². The number of benzene rings is 3. The van der Waals surface area contributed by atoms with Crippen molar-refractivity contribution in [3.8, 4) is 22.8 Å². The quantitative estimate of drug-likeness (QED) is 0.167. The summed E-state index contributed by atoms with van der Waals surface area (Å²) in [7, 11) is -3.79. The molecule has 44 heavy (non-hydrogen) atoms. The van der Waals surface area contributed by atoms with E-state index < -0.39 is 21.4 Å². The van der Waals surface area contributed by atoms with Crippen LogP contribution >= 0.6 is 0 Å². The molecule has 1 saturated heterocycles. The fourth-order valence-electron chi connectivity index (χ4n) is 5.92. The zero-order valence-corrected chi connectivity index (χ0v) is 26.0. The Bertz CT molecular complexity index is 1730. The van der Waals surface area contributed by atoms with Gasteiger partial charge in [0, 0.05) is 29.7 Å². The minimum atomic E-state index is -5.82. The Morgan fingerprint density at radius 2 is 1.59 bits per heavy atom. The van der Waals surface area contributed by atoms with Crippen molar-refractivity contribution in [3.05, 3.63) is 78.4 Å². The zero-order chi connectivity index (χ0) is 31.9. The summed E-state index contributed by atoms with van der Waals surface area (Å²) in [6.07, 6.45) is 1.88. The summed E-state index contributed by atoms with van der Waals surface area (Å²) in [5.74, 6) is 0.662. The van der Waals surface area contributed by atoms with E-state index in [1.165, 1.54) is 18.2 Å². The number of rotatable bonds is 8. The van der Waals surface area contributed by atoms with E-state index in [1.54, 1.807) is 12.1 Å². The molecular weight excluding hydrogens is 593 g/mol. The molecule has 1 aromatic heterocycles. The van der Waals surface area contributed by atoms with Crippen molar-refractivity contribution in [2.24, 2.45) is 0 Å². The van der Waals surface area contributed by atoms with Crippen LogP contribution in [0.15, 0.2) is 72.8 Å². The van der Waals surface area contributed by atoms with Gasteiger partial charge in [0.05, 0.1) is 5.69 Å². The smallest absolute Gasteiger partial charge is 0.488 e. The summed E-state index contributed by atoms with van der Waals surface area (Å²) < 4.78 is 72.4. The lowest BCUT2D eigenvalue weighted by atomic mass is 9.79. The zero-order valence-electron chi connectivity index (χ0n) is 25.1. The van der Waals surface area contributed by atoms with Crippen LogP contribution in [0.25, 0.3) is 22.0 Å². The number of alkyl halides is 3. The maximum atomic E-state index is 12.9. The lowest BCUT2D eigenvalue weighted by Crippen LogP contribution is -2.62. The molecule has 1 fully saturated rings. The molecule has 0 amide bonds. The van der Waals surface area contributed by atoms with Crippen LogP contribution in [0.4, 0.5) is 19.0 Å². The number of anilines is 1. The molecule has 0 spiro atoms. The van der Waals surface area contributed by atoms with Gasteiger partial charge >= 0.3 is 15.6 Å². The van der Waals surface area contributed by atoms with Crippen molar-refractivity contribution in [1.82, 2.24) is 15.5 Å². The first-order valence-corrected chi connectivity index (χ1v) is 15.5. The molecule has 1 aliphatic heterocycles. The molecule has 8 nitrogen and oxygen atoms in total. The summed E-state index contributed by atoms with van der Waals surface area (Å²) in [5.41, 5.74) is -3.55. The molecule has 234 valence electrons. The number of hydrogen-bond donors (Lipinski definition) is 1. The van der Waals surface area contributed by atoms with Gasteiger partial charge in [-0.3, -0.25) is 0 Å². The van der Waals surface area contributed by atoms with Crippen LogP contribution in [0.3, 0.4) is 0 Å². The maximum Gasteiger partial charge on any atom is 0.534 e. The lowest BCUT2D eigenvalue weighted by Gasteiger charge is -2.49. The maximum absolute atomic E-state index is 12.9. The van der Waals surface area contributed by atoms with Gasteiger partial charge in [0.2, 0.25) is 0 Å². The van der Waals surface area contributed by atoms with E-state index in [0.717, 1.165) is 24.2 Å². The van der Waals surface area contributed by atoms with Gasteiger partial charge in [0.15, 0.2) is 5.82 Å². The average molecular weight is 629 g/mol. The summed E-state index contributed by atoms with van der Waals surface area (Å²) >= 11 is 0. The number of hydrogen-bond acceptors (Lipinski definition) is 8. The summed E-state index contributed by atoms with van der Waals surface area (Å²) in [6, 6.07) is 20.8. The van der Waals surface area contributed by atoms with Crippen molar-refractivity contribution >= 4 is 26.7 Å². The Kier molecular flexibility index (Phi) is 8.27. The van der Waals surface area contributed by atoms with Crippen molar-refractivity contribution in [3.63, 3.8) is 0 Å². The van der Waals surface area contributed by atoms with E-state index >= 15 is 0 Å². The highest BCUT2D eigenvalue weighted by atomic mass is 32.2. The molecule has 12 heteroatoms. The average Bonchev–Trinajstić information content (AvgIpc) is 2.93. The molecule has 1 N–H and O–H groups in total. The van der Waals surface area contributed by atoms with Crippen molar-refractivity contribution in [2.45, 2.75) is 69.8 Å². The number of aromatic nitrogens is 2. The molecule has 1 aliphatic rings. The predicted octanol–water partition coefficient (Wildman–Crippen LogP) is 6.85. The molecule has 0 unspecified atom stereocenters. The number of fused-ring (bicyclic) bond motifs is 1. The summed E-state index contributed by atoms with van der Waals surface area (Å²) in [6.45, 7) is 9.01. The van der Waals surface area contributed by atoms with Gasteiger partial charge in [-0.05, 0) is 93.3 Å². The number of piperidine rings is 1. The Balaban J connectivity index is 1.48. The Hall–Kier alpha value is -3.90. The molecule has 5 rings (SSSR count). The van der Waals surface area contributed by atoms with Crippen LogP contribution in [0.2, 0.25) is 0 Å². The van der Waals surface area contributed by atoms with Gasteiger partial charge in [-0.15, -0.1) is 10.2 Å². The van der Waals surface area contributed by atoms with Gasteiger partial charge in [-0.25, -0.2) is 0 Å². The molecular formula is C32H35F3N4O4S. The summed E-state index contributed by atoms with van der Waals surface area (Å²) in [4.78, 5) is 2.16. The second kappa shape index (κ2) is 11.6. The second-order valence-corrected chi connectivity index (χ2v) is 14.0. The third kappa shape index (κ3) is 7.07. The number of nitrogens with one attached hydrogen (secondary N) is 1. The van der Waals surface area contributed by atoms with Crippen molar-refractivity contribution < 1.29 is 30.5 Å². The van der Waals surface area contributed by atoms with Crippen LogP contribution in [0.1, 0.15) is 46.1 Å². The highest BCUT2D eigenvalue weighted by molar-refractivity contribution is 7.88. The van der Waals surface area contributed by atoms with Gasteiger partial charge in [0.25, 0.3) is 0 Å². The molecule has 0 atom stereocenters. The molecule has 3 aromatic carbocycles. The van der Waals surface area contributed by atoms with Crippen LogP contribution in [0.5, 0.6) is 11.5 Å². The Morgan fingerprint density at radius 3 is 2.20 bits per heavy atom. The van der Waals surface area contributed by atoms with Crippen LogP contribution < -0.4 is 19.1 Å². The third-order valence-corrected chi connectivity index (χ3v) is 8.62. The monoisotopic (exact) mass is 628 g/mol.